The summed E-state index contributed by atoms with van der Waals surface area (Å²) in [4.78, 5) is 24.9. The zero-order chi connectivity index (χ0) is 19.9. The van der Waals surface area contributed by atoms with Gasteiger partial charge in [0, 0.05) is 17.0 Å². The molecule has 3 rings (SSSR count). The van der Waals surface area contributed by atoms with Crippen LogP contribution in [0, 0.1) is 6.92 Å². The van der Waals surface area contributed by atoms with Crippen LogP contribution in [-0.4, -0.2) is 18.5 Å². The highest BCUT2D eigenvalue weighted by atomic mass is 32.1. The first-order valence-electron chi connectivity index (χ1n) is 8.98. The fourth-order valence-electron chi connectivity index (χ4n) is 2.69. The summed E-state index contributed by atoms with van der Waals surface area (Å²) in [6, 6.07) is 17.4. The normalized spacial score (nSPS) is 10.8. The highest BCUT2D eigenvalue weighted by molar-refractivity contribution is 7.15. The number of thiophene rings is 1. The summed E-state index contributed by atoms with van der Waals surface area (Å²) < 4.78 is 5.21. The molecule has 0 saturated carbocycles. The van der Waals surface area contributed by atoms with Crippen molar-refractivity contribution >= 4 is 34.3 Å². The zero-order valence-corrected chi connectivity index (χ0v) is 16.6. The number of anilines is 1. The van der Waals surface area contributed by atoms with Gasteiger partial charge in [-0.15, -0.1) is 11.3 Å². The molecule has 1 N–H and O–H groups in total. The van der Waals surface area contributed by atoms with E-state index in [9.17, 15) is 9.59 Å². The second-order valence-corrected chi connectivity index (χ2v) is 7.05. The van der Waals surface area contributed by atoms with E-state index in [0.29, 0.717) is 10.6 Å². The number of amides is 1. The molecule has 0 saturated heterocycles. The molecule has 0 aliphatic rings. The molecule has 142 valence electrons. The predicted octanol–water partition coefficient (Wildman–Crippen LogP) is 5.55. The number of carbonyl (C=O) groups is 2. The van der Waals surface area contributed by atoms with Crippen LogP contribution < -0.4 is 5.32 Å². The number of hydrogen-bond donors (Lipinski definition) is 1. The molecular formula is C23H21NO3S. The van der Waals surface area contributed by atoms with Crippen molar-refractivity contribution in [3.63, 3.8) is 0 Å². The number of hydrogen-bond acceptors (Lipinski definition) is 4. The van der Waals surface area contributed by atoms with Crippen molar-refractivity contribution in [1.29, 1.82) is 0 Å². The molecule has 0 aliphatic carbocycles. The molecule has 0 fully saturated rings. The lowest BCUT2D eigenvalue weighted by Gasteiger charge is -2.08. The van der Waals surface area contributed by atoms with Gasteiger partial charge in [0.2, 0.25) is 5.91 Å². The van der Waals surface area contributed by atoms with Crippen LogP contribution in [-0.2, 0) is 9.53 Å². The number of rotatable bonds is 6. The quantitative estimate of drug-likeness (QED) is 0.443. The van der Waals surface area contributed by atoms with Gasteiger partial charge in [0.05, 0.1) is 6.61 Å². The smallest absolute Gasteiger partial charge is 0.341 e. The maximum Gasteiger partial charge on any atom is 0.341 e. The van der Waals surface area contributed by atoms with Gasteiger partial charge < -0.3 is 10.1 Å². The third kappa shape index (κ3) is 4.75. The third-order valence-corrected chi connectivity index (χ3v) is 4.99. The molecule has 28 heavy (non-hydrogen) atoms. The van der Waals surface area contributed by atoms with E-state index in [4.69, 9.17) is 4.74 Å². The lowest BCUT2D eigenvalue weighted by atomic mass is 10.0. The molecule has 0 aliphatic heterocycles. The number of carbonyl (C=O) groups excluding carboxylic acids is 2. The van der Waals surface area contributed by atoms with Crippen molar-refractivity contribution in [1.82, 2.24) is 0 Å². The number of nitrogens with one attached hydrogen (secondary N) is 1. The second-order valence-electron chi connectivity index (χ2n) is 6.17. The van der Waals surface area contributed by atoms with Crippen LogP contribution in [0.25, 0.3) is 17.2 Å². The first-order valence-corrected chi connectivity index (χ1v) is 9.86. The van der Waals surface area contributed by atoms with Crippen molar-refractivity contribution in [2.24, 2.45) is 0 Å². The van der Waals surface area contributed by atoms with Crippen molar-refractivity contribution in [3.8, 4) is 11.1 Å². The van der Waals surface area contributed by atoms with Crippen LogP contribution in [0.5, 0.6) is 0 Å². The van der Waals surface area contributed by atoms with Gasteiger partial charge in [-0.05, 0) is 31.1 Å². The summed E-state index contributed by atoms with van der Waals surface area (Å²) in [7, 11) is 0. The van der Waals surface area contributed by atoms with Crippen LogP contribution in [0.4, 0.5) is 5.00 Å². The Kier molecular flexibility index (Phi) is 6.40. The second kappa shape index (κ2) is 9.15. The minimum atomic E-state index is -0.444. The summed E-state index contributed by atoms with van der Waals surface area (Å²) in [5.74, 6) is -0.743. The molecule has 0 atom stereocenters. The summed E-state index contributed by atoms with van der Waals surface area (Å²) in [6.45, 7) is 4.04. The Bertz CT molecular complexity index is 988. The van der Waals surface area contributed by atoms with E-state index in [-0.39, 0.29) is 12.5 Å². The topological polar surface area (TPSA) is 55.4 Å². The first-order chi connectivity index (χ1) is 13.6. The number of esters is 1. The van der Waals surface area contributed by atoms with Crippen molar-refractivity contribution in [2.45, 2.75) is 13.8 Å². The molecule has 0 unspecified atom stereocenters. The fourth-order valence-corrected chi connectivity index (χ4v) is 3.65. The molecule has 5 heteroatoms. The summed E-state index contributed by atoms with van der Waals surface area (Å²) in [5, 5.41) is 5.16. The van der Waals surface area contributed by atoms with Gasteiger partial charge in [-0.2, -0.15) is 0 Å². The van der Waals surface area contributed by atoms with E-state index in [1.807, 2.05) is 66.9 Å². The standard InChI is InChI=1S/C23H21NO3S/c1-3-27-23(26)21-19(18-7-5-4-6-8-18)15-28-22(21)24-20(25)14-13-17-11-9-16(2)10-12-17/h4-15H,3H2,1-2H3,(H,24,25). The van der Waals surface area contributed by atoms with Gasteiger partial charge in [0.15, 0.2) is 0 Å². The molecule has 1 amide bonds. The van der Waals surface area contributed by atoms with Gasteiger partial charge in [0.1, 0.15) is 10.6 Å². The van der Waals surface area contributed by atoms with Crippen LogP contribution in [0.3, 0.4) is 0 Å². The molecule has 0 spiro atoms. The molecule has 3 aromatic rings. The highest BCUT2D eigenvalue weighted by Gasteiger charge is 2.22. The summed E-state index contributed by atoms with van der Waals surface area (Å²) in [5.41, 5.74) is 4.13. The third-order valence-electron chi connectivity index (χ3n) is 4.10. The minimum Gasteiger partial charge on any atom is -0.462 e. The summed E-state index contributed by atoms with van der Waals surface area (Å²) in [6.07, 6.45) is 3.20. The molecule has 1 heterocycles. The molecule has 1 aromatic heterocycles. The van der Waals surface area contributed by atoms with Crippen molar-refractivity contribution in [2.75, 3.05) is 11.9 Å². The Morgan fingerprint density at radius 1 is 1.07 bits per heavy atom. The average molecular weight is 391 g/mol. The average Bonchev–Trinajstić information content (AvgIpc) is 3.12. The zero-order valence-electron chi connectivity index (χ0n) is 15.8. The maximum absolute atomic E-state index is 12.5. The number of aryl methyl sites for hydroxylation is 1. The number of ether oxygens (including phenoxy) is 1. The first kappa shape index (κ1) is 19.6. The number of benzene rings is 2. The largest absolute Gasteiger partial charge is 0.462 e. The summed E-state index contributed by atoms with van der Waals surface area (Å²) >= 11 is 1.31. The molecule has 0 bridgehead atoms. The van der Waals surface area contributed by atoms with Gasteiger partial charge in [-0.3, -0.25) is 4.79 Å². The van der Waals surface area contributed by atoms with E-state index in [2.05, 4.69) is 5.32 Å². The Balaban J connectivity index is 1.84. The Morgan fingerprint density at radius 2 is 1.79 bits per heavy atom. The van der Waals surface area contributed by atoms with Gasteiger partial charge in [-0.1, -0.05) is 60.2 Å². The van der Waals surface area contributed by atoms with Crippen LogP contribution in [0.2, 0.25) is 0 Å². The fraction of sp³-hybridized carbons (Fsp3) is 0.130. The predicted molar refractivity (Wildman–Crippen MR) is 115 cm³/mol. The lowest BCUT2D eigenvalue weighted by molar-refractivity contribution is -0.111. The van der Waals surface area contributed by atoms with Gasteiger partial charge >= 0.3 is 5.97 Å². The SMILES string of the molecule is CCOC(=O)c1c(-c2ccccc2)csc1NC(=O)C=Cc1ccc(C)cc1. The van der Waals surface area contributed by atoms with Gasteiger partial charge in [-0.25, -0.2) is 4.79 Å². The van der Waals surface area contributed by atoms with E-state index in [1.54, 1.807) is 13.0 Å². The van der Waals surface area contributed by atoms with Crippen LogP contribution in [0.15, 0.2) is 66.1 Å². The van der Waals surface area contributed by atoms with E-state index in [0.717, 1.165) is 22.3 Å². The molecule has 0 radical (unpaired) electrons. The monoisotopic (exact) mass is 391 g/mol. The van der Waals surface area contributed by atoms with E-state index >= 15 is 0 Å². The van der Waals surface area contributed by atoms with Crippen molar-refractivity contribution in [3.05, 3.63) is 82.7 Å². The van der Waals surface area contributed by atoms with Crippen LogP contribution in [0.1, 0.15) is 28.4 Å². The Hall–Kier alpha value is -3.18. The van der Waals surface area contributed by atoms with E-state index < -0.39 is 5.97 Å². The maximum atomic E-state index is 12.5. The Morgan fingerprint density at radius 3 is 2.46 bits per heavy atom. The van der Waals surface area contributed by atoms with Crippen LogP contribution >= 0.6 is 11.3 Å². The molecular weight excluding hydrogens is 370 g/mol. The van der Waals surface area contributed by atoms with Gasteiger partial charge in [0.25, 0.3) is 0 Å². The van der Waals surface area contributed by atoms with E-state index in [1.165, 1.54) is 17.4 Å². The molecule has 4 nitrogen and oxygen atoms in total. The Labute approximate surface area is 168 Å². The highest BCUT2D eigenvalue weighted by Crippen LogP contribution is 2.36. The molecule has 2 aromatic carbocycles. The lowest BCUT2D eigenvalue weighted by Crippen LogP contribution is -2.12. The van der Waals surface area contributed by atoms with Crippen molar-refractivity contribution < 1.29 is 14.3 Å². The minimum absolute atomic E-state index is 0.267.